The van der Waals surface area contributed by atoms with Gasteiger partial charge in [0.05, 0.1) is 5.69 Å². The molecule has 4 heteroatoms. The summed E-state index contributed by atoms with van der Waals surface area (Å²) in [5.74, 6) is 0. The molecule has 0 aliphatic heterocycles. The topological polar surface area (TPSA) is 45.6 Å². The lowest BCUT2D eigenvalue weighted by Crippen LogP contribution is -1.99. The van der Waals surface area contributed by atoms with Gasteiger partial charge in [-0.25, -0.2) is 0 Å². The second-order valence-corrected chi connectivity index (χ2v) is 4.55. The normalized spacial score (nSPS) is 11.0. The lowest BCUT2D eigenvalue weighted by atomic mass is 10.2. The smallest absolute Gasteiger partial charge is 0.0643 e. The molecule has 2 heterocycles. The number of nitrogens with zero attached hydrogens (tertiary/aromatic N) is 2. The van der Waals surface area contributed by atoms with Crippen LogP contribution in [0.3, 0.4) is 0 Å². The zero-order valence-corrected chi connectivity index (χ0v) is 10.6. The number of anilines is 1. The van der Waals surface area contributed by atoms with Crippen LogP contribution in [0.15, 0.2) is 36.7 Å². The first-order valence-electron chi connectivity index (χ1n) is 6.02. The second-order valence-electron chi connectivity index (χ2n) is 4.55. The molecule has 0 amide bonds. The summed E-state index contributed by atoms with van der Waals surface area (Å²) in [5.41, 5.74) is 4.60. The van der Waals surface area contributed by atoms with Crippen molar-refractivity contribution >= 4 is 16.6 Å². The van der Waals surface area contributed by atoms with Crippen LogP contribution < -0.4 is 5.32 Å². The Morgan fingerprint density at radius 2 is 2.22 bits per heavy atom. The van der Waals surface area contributed by atoms with Gasteiger partial charge in [-0.2, -0.15) is 5.10 Å². The van der Waals surface area contributed by atoms with E-state index in [1.165, 1.54) is 10.9 Å². The molecule has 3 rings (SSSR count). The average Bonchev–Trinajstić information content (AvgIpc) is 2.92. The van der Waals surface area contributed by atoms with Crippen molar-refractivity contribution in [2.75, 3.05) is 5.32 Å². The number of H-pyrrole nitrogens is 1. The van der Waals surface area contributed by atoms with E-state index in [0.29, 0.717) is 0 Å². The Morgan fingerprint density at radius 3 is 3.00 bits per heavy atom. The van der Waals surface area contributed by atoms with Crippen molar-refractivity contribution in [1.82, 2.24) is 14.8 Å². The Labute approximate surface area is 106 Å². The Kier molecular flexibility index (Phi) is 2.55. The van der Waals surface area contributed by atoms with E-state index in [-0.39, 0.29) is 0 Å². The molecule has 4 nitrogen and oxygen atoms in total. The molecule has 0 unspecified atom stereocenters. The monoisotopic (exact) mass is 240 g/mol. The van der Waals surface area contributed by atoms with Crippen molar-refractivity contribution < 1.29 is 0 Å². The summed E-state index contributed by atoms with van der Waals surface area (Å²) in [5, 5.41) is 8.99. The fourth-order valence-corrected chi connectivity index (χ4v) is 2.18. The van der Waals surface area contributed by atoms with Gasteiger partial charge in [0.25, 0.3) is 0 Å². The van der Waals surface area contributed by atoms with E-state index in [0.717, 1.165) is 23.4 Å². The number of hydrogen-bond donors (Lipinski definition) is 2. The van der Waals surface area contributed by atoms with Gasteiger partial charge in [0.15, 0.2) is 0 Å². The maximum atomic E-state index is 4.34. The molecular weight excluding hydrogens is 224 g/mol. The molecule has 0 radical (unpaired) electrons. The van der Waals surface area contributed by atoms with E-state index in [4.69, 9.17) is 0 Å². The summed E-state index contributed by atoms with van der Waals surface area (Å²) in [6, 6.07) is 8.41. The predicted molar refractivity (Wildman–Crippen MR) is 73.6 cm³/mol. The van der Waals surface area contributed by atoms with Gasteiger partial charge >= 0.3 is 0 Å². The summed E-state index contributed by atoms with van der Waals surface area (Å²) in [4.78, 5) is 3.19. The molecule has 0 spiro atoms. The minimum atomic E-state index is 0.801. The number of rotatable bonds is 3. The van der Waals surface area contributed by atoms with Crippen LogP contribution in [0.4, 0.5) is 5.69 Å². The number of nitrogens with one attached hydrogen (secondary N) is 2. The molecule has 0 aliphatic rings. The number of aromatic nitrogens is 3. The molecule has 0 fully saturated rings. The zero-order valence-electron chi connectivity index (χ0n) is 10.6. The van der Waals surface area contributed by atoms with Crippen molar-refractivity contribution in [1.29, 1.82) is 0 Å². The van der Waals surface area contributed by atoms with Gasteiger partial charge in [0, 0.05) is 48.1 Å². The van der Waals surface area contributed by atoms with Crippen molar-refractivity contribution in [2.24, 2.45) is 7.05 Å². The molecule has 2 N–H and O–H groups in total. The van der Waals surface area contributed by atoms with Crippen molar-refractivity contribution in [3.05, 3.63) is 47.9 Å². The minimum absolute atomic E-state index is 0.801. The molecule has 0 bridgehead atoms. The number of hydrogen-bond acceptors (Lipinski definition) is 2. The second kappa shape index (κ2) is 4.22. The fraction of sp³-hybridized carbons (Fsp3) is 0.214. The van der Waals surface area contributed by atoms with Crippen LogP contribution in [0.2, 0.25) is 0 Å². The predicted octanol–water partition coefficient (Wildman–Crippen LogP) is 2.82. The van der Waals surface area contributed by atoms with Gasteiger partial charge in [0.2, 0.25) is 0 Å². The summed E-state index contributed by atoms with van der Waals surface area (Å²) >= 11 is 0. The lowest BCUT2D eigenvalue weighted by Gasteiger charge is -2.05. The highest BCUT2D eigenvalue weighted by Crippen LogP contribution is 2.18. The van der Waals surface area contributed by atoms with Gasteiger partial charge in [-0.15, -0.1) is 0 Å². The van der Waals surface area contributed by atoms with Gasteiger partial charge in [-0.05, 0) is 31.2 Å². The Balaban J connectivity index is 1.78. The first-order valence-corrected chi connectivity index (χ1v) is 6.02. The van der Waals surface area contributed by atoms with E-state index >= 15 is 0 Å². The molecule has 1 aromatic carbocycles. The highest BCUT2D eigenvalue weighted by Gasteiger charge is 2.03. The molecule has 0 aliphatic carbocycles. The molecule has 3 aromatic rings. The SMILES string of the molecule is Cc1nn(C)cc1CNc1ccc2[nH]ccc2c1. The molecule has 2 aromatic heterocycles. The van der Waals surface area contributed by atoms with Crippen molar-refractivity contribution in [2.45, 2.75) is 13.5 Å². The van der Waals surface area contributed by atoms with Crippen LogP contribution in [0, 0.1) is 6.92 Å². The van der Waals surface area contributed by atoms with E-state index < -0.39 is 0 Å². The molecule has 0 atom stereocenters. The fourth-order valence-electron chi connectivity index (χ4n) is 2.18. The quantitative estimate of drug-likeness (QED) is 0.739. The molecule has 0 saturated carbocycles. The lowest BCUT2D eigenvalue weighted by molar-refractivity contribution is 0.756. The average molecular weight is 240 g/mol. The van der Waals surface area contributed by atoms with Crippen molar-refractivity contribution in [3.8, 4) is 0 Å². The van der Waals surface area contributed by atoms with E-state index in [1.807, 2.05) is 24.9 Å². The standard InChI is InChI=1S/C14H16N4/c1-10-12(9-18(2)17-10)8-16-13-3-4-14-11(7-13)5-6-15-14/h3-7,9,15-16H,8H2,1-2H3. The first kappa shape index (κ1) is 10.9. The Hall–Kier alpha value is -2.23. The number of fused-ring (bicyclic) bond motifs is 1. The first-order chi connectivity index (χ1) is 8.72. The van der Waals surface area contributed by atoms with Gasteiger partial charge < -0.3 is 10.3 Å². The summed E-state index contributed by atoms with van der Waals surface area (Å²) < 4.78 is 1.85. The van der Waals surface area contributed by atoms with Crippen LogP contribution in [0.25, 0.3) is 10.9 Å². The van der Waals surface area contributed by atoms with Crippen LogP contribution in [0.1, 0.15) is 11.3 Å². The zero-order chi connectivity index (χ0) is 12.5. The number of aryl methyl sites for hydroxylation is 2. The third-order valence-corrected chi connectivity index (χ3v) is 3.15. The van der Waals surface area contributed by atoms with Gasteiger partial charge in [-0.1, -0.05) is 0 Å². The highest BCUT2D eigenvalue weighted by molar-refractivity contribution is 5.82. The maximum absolute atomic E-state index is 4.34. The largest absolute Gasteiger partial charge is 0.381 e. The third-order valence-electron chi connectivity index (χ3n) is 3.15. The molecular formula is C14H16N4. The molecule has 18 heavy (non-hydrogen) atoms. The Morgan fingerprint density at radius 1 is 1.33 bits per heavy atom. The van der Waals surface area contributed by atoms with Crippen molar-refractivity contribution in [3.63, 3.8) is 0 Å². The number of aromatic amines is 1. The van der Waals surface area contributed by atoms with Crippen LogP contribution in [-0.4, -0.2) is 14.8 Å². The Bertz CT molecular complexity index is 678. The van der Waals surface area contributed by atoms with Crippen LogP contribution >= 0.6 is 0 Å². The van der Waals surface area contributed by atoms with Crippen LogP contribution in [0.5, 0.6) is 0 Å². The van der Waals surface area contributed by atoms with E-state index in [1.54, 1.807) is 0 Å². The number of benzene rings is 1. The highest BCUT2D eigenvalue weighted by atomic mass is 15.2. The van der Waals surface area contributed by atoms with E-state index in [2.05, 4.69) is 45.9 Å². The summed E-state index contributed by atoms with van der Waals surface area (Å²) in [7, 11) is 1.95. The van der Waals surface area contributed by atoms with Gasteiger partial charge in [0.1, 0.15) is 0 Å². The third kappa shape index (κ3) is 1.97. The summed E-state index contributed by atoms with van der Waals surface area (Å²) in [6.45, 7) is 2.84. The summed E-state index contributed by atoms with van der Waals surface area (Å²) in [6.07, 6.45) is 4.01. The molecule has 0 saturated heterocycles. The van der Waals surface area contributed by atoms with Gasteiger partial charge in [-0.3, -0.25) is 4.68 Å². The maximum Gasteiger partial charge on any atom is 0.0643 e. The van der Waals surface area contributed by atoms with E-state index in [9.17, 15) is 0 Å². The van der Waals surface area contributed by atoms with Crippen LogP contribution in [-0.2, 0) is 13.6 Å². The molecule has 92 valence electrons. The minimum Gasteiger partial charge on any atom is -0.381 e.